The van der Waals surface area contributed by atoms with E-state index in [1.165, 1.54) is 11.6 Å². The van der Waals surface area contributed by atoms with Crippen LogP contribution in [0.4, 0.5) is 17.2 Å². The summed E-state index contributed by atoms with van der Waals surface area (Å²) in [4.78, 5) is 16.3. The molecule has 0 aliphatic heterocycles. The number of carbonyl (C=O) groups is 1. The summed E-state index contributed by atoms with van der Waals surface area (Å²) in [6.07, 6.45) is 4.89. The smallest absolute Gasteiger partial charge is 0.248 e. The minimum absolute atomic E-state index is 0.242. The minimum atomic E-state index is -0.242. The van der Waals surface area contributed by atoms with Gasteiger partial charge < -0.3 is 16.4 Å². The lowest BCUT2D eigenvalue weighted by Crippen LogP contribution is -2.09. The molecule has 4 N–H and O–H groups in total. The highest BCUT2D eigenvalue weighted by molar-refractivity contribution is 6.03. The third-order valence-corrected chi connectivity index (χ3v) is 3.75. The number of pyridine rings is 1. The largest absolute Gasteiger partial charge is 0.397 e. The highest BCUT2D eigenvalue weighted by atomic mass is 16.1. The van der Waals surface area contributed by atoms with Crippen LogP contribution in [0.15, 0.2) is 79.0 Å². The number of nitrogen functional groups attached to an aromatic ring is 1. The molecular weight excluding hydrogens is 324 g/mol. The second-order valence-electron chi connectivity index (χ2n) is 5.73. The first-order valence-electron chi connectivity index (χ1n) is 8.28. The number of rotatable bonds is 6. The molecule has 1 heterocycles. The number of anilines is 3. The van der Waals surface area contributed by atoms with Gasteiger partial charge in [-0.25, -0.2) is 4.98 Å². The van der Waals surface area contributed by atoms with Crippen molar-refractivity contribution in [1.29, 1.82) is 0 Å². The molecule has 130 valence electrons. The lowest BCUT2D eigenvalue weighted by atomic mass is 10.2. The average Bonchev–Trinajstić information content (AvgIpc) is 2.68. The Kier molecular flexibility index (Phi) is 5.62. The fraction of sp³-hybridized carbons (Fsp3) is 0.0476. The molecule has 5 heteroatoms. The summed E-state index contributed by atoms with van der Waals surface area (Å²) in [6.45, 7) is 0.712. The number of amides is 1. The van der Waals surface area contributed by atoms with Crippen LogP contribution >= 0.6 is 0 Å². The number of nitrogens with one attached hydrogen (secondary N) is 2. The number of aromatic nitrogens is 1. The number of nitrogens with two attached hydrogens (primary N) is 1. The predicted octanol–water partition coefficient (Wildman–Crippen LogP) is 3.93. The summed E-state index contributed by atoms with van der Waals surface area (Å²) in [7, 11) is 0. The summed E-state index contributed by atoms with van der Waals surface area (Å²) >= 11 is 0. The topological polar surface area (TPSA) is 80.0 Å². The van der Waals surface area contributed by atoms with Crippen LogP contribution in [-0.4, -0.2) is 10.9 Å². The van der Waals surface area contributed by atoms with Crippen molar-refractivity contribution in [3.63, 3.8) is 0 Å². The van der Waals surface area contributed by atoms with Crippen molar-refractivity contribution in [3.8, 4) is 0 Å². The van der Waals surface area contributed by atoms with E-state index >= 15 is 0 Å². The van der Waals surface area contributed by atoms with Crippen LogP contribution in [0.3, 0.4) is 0 Å². The molecule has 0 saturated heterocycles. The molecule has 1 amide bonds. The van der Waals surface area contributed by atoms with Crippen molar-refractivity contribution in [1.82, 2.24) is 4.98 Å². The molecule has 0 unspecified atom stereocenters. The molecule has 0 saturated carbocycles. The number of hydrogen-bond donors (Lipinski definition) is 3. The first-order chi connectivity index (χ1) is 12.7. The van der Waals surface area contributed by atoms with Gasteiger partial charge >= 0.3 is 0 Å². The molecule has 2 aromatic carbocycles. The quantitative estimate of drug-likeness (QED) is 0.467. The van der Waals surface area contributed by atoms with Crippen LogP contribution in [0, 0.1) is 0 Å². The molecule has 0 radical (unpaired) electrons. The number of hydrogen-bond acceptors (Lipinski definition) is 4. The van der Waals surface area contributed by atoms with E-state index in [2.05, 4.69) is 27.8 Å². The van der Waals surface area contributed by atoms with Crippen LogP contribution in [0.5, 0.6) is 0 Å². The van der Waals surface area contributed by atoms with Crippen LogP contribution in [-0.2, 0) is 11.3 Å². The molecule has 0 aliphatic rings. The van der Waals surface area contributed by atoms with Gasteiger partial charge in [0.25, 0.3) is 0 Å². The third-order valence-electron chi connectivity index (χ3n) is 3.75. The molecule has 0 spiro atoms. The van der Waals surface area contributed by atoms with Crippen molar-refractivity contribution in [2.24, 2.45) is 0 Å². The van der Waals surface area contributed by atoms with Gasteiger partial charge in [0.2, 0.25) is 5.91 Å². The molecule has 1 aromatic heterocycles. The Bertz CT molecular complexity index is 889. The predicted molar refractivity (Wildman–Crippen MR) is 107 cm³/mol. The summed E-state index contributed by atoms with van der Waals surface area (Å²) < 4.78 is 0. The van der Waals surface area contributed by atoms with Gasteiger partial charge in [0.05, 0.1) is 11.4 Å². The minimum Gasteiger partial charge on any atom is -0.397 e. The highest BCUT2D eigenvalue weighted by Gasteiger charge is 2.01. The molecule has 3 rings (SSSR count). The van der Waals surface area contributed by atoms with Gasteiger partial charge in [-0.1, -0.05) is 42.5 Å². The van der Waals surface area contributed by atoms with Crippen LogP contribution < -0.4 is 16.4 Å². The Labute approximate surface area is 152 Å². The van der Waals surface area contributed by atoms with E-state index in [-0.39, 0.29) is 5.91 Å². The van der Waals surface area contributed by atoms with Gasteiger partial charge in [-0.3, -0.25) is 4.79 Å². The molecule has 0 aliphatic carbocycles. The Morgan fingerprint density at radius 1 is 1.00 bits per heavy atom. The zero-order chi connectivity index (χ0) is 18.2. The maximum atomic E-state index is 12.0. The molecule has 0 atom stereocenters. The van der Waals surface area contributed by atoms with Gasteiger partial charge in [0, 0.05) is 18.8 Å². The van der Waals surface area contributed by atoms with E-state index in [4.69, 9.17) is 5.73 Å². The number of para-hydroxylation sites is 2. The molecular formula is C21H20N4O. The lowest BCUT2D eigenvalue weighted by Gasteiger charge is -2.06. The van der Waals surface area contributed by atoms with Gasteiger partial charge in [-0.05, 0) is 41.5 Å². The Hall–Kier alpha value is -3.60. The Morgan fingerprint density at radius 2 is 1.77 bits per heavy atom. The summed E-state index contributed by atoms with van der Waals surface area (Å²) in [5, 5.41) is 6.01. The van der Waals surface area contributed by atoms with Gasteiger partial charge in [0.1, 0.15) is 5.82 Å². The first-order valence-corrected chi connectivity index (χ1v) is 8.28. The average molecular weight is 344 g/mol. The summed E-state index contributed by atoms with van der Waals surface area (Å²) in [6, 6.07) is 21.0. The first kappa shape index (κ1) is 17.2. The van der Waals surface area contributed by atoms with E-state index in [0.29, 0.717) is 17.9 Å². The van der Waals surface area contributed by atoms with E-state index < -0.39 is 0 Å². The maximum absolute atomic E-state index is 12.0. The van der Waals surface area contributed by atoms with E-state index in [1.807, 2.05) is 42.5 Å². The Balaban J connectivity index is 1.54. The highest BCUT2D eigenvalue weighted by Crippen LogP contribution is 2.16. The fourth-order valence-electron chi connectivity index (χ4n) is 2.35. The van der Waals surface area contributed by atoms with E-state index in [1.54, 1.807) is 24.4 Å². The van der Waals surface area contributed by atoms with Crippen molar-refractivity contribution in [3.05, 3.63) is 90.1 Å². The maximum Gasteiger partial charge on any atom is 0.248 e. The molecule has 26 heavy (non-hydrogen) atoms. The summed E-state index contributed by atoms with van der Waals surface area (Å²) in [5.41, 5.74) is 8.97. The lowest BCUT2D eigenvalue weighted by molar-refractivity contribution is -0.111. The normalized spacial score (nSPS) is 10.6. The zero-order valence-corrected chi connectivity index (χ0v) is 14.2. The molecule has 0 bridgehead atoms. The molecule has 3 aromatic rings. The van der Waals surface area contributed by atoms with Gasteiger partial charge in [0.15, 0.2) is 0 Å². The number of benzene rings is 2. The van der Waals surface area contributed by atoms with Gasteiger partial charge in [-0.15, -0.1) is 0 Å². The van der Waals surface area contributed by atoms with Crippen molar-refractivity contribution < 1.29 is 4.79 Å². The molecule has 0 fully saturated rings. The second kappa shape index (κ2) is 8.48. The summed E-state index contributed by atoms with van der Waals surface area (Å²) in [5.74, 6) is 0.543. The van der Waals surface area contributed by atoms with Crippen LogP contribution in [0.25, 0.3) is 6.08 Å². The van der Waals surface area contributed by atoms with E-state index in [0.717, 1.165) is 11.4 Å². The third kappa shape index (κ3) is 4.95. The monoisotopic (exact) mass is 344 g/mol. The van der Waals surface area contributed by atoms with E-state index in [9.17, 15) is 4.79 Å². The number of nitrogens with zero attached hydrogens (tertiary/aromatic N) is 1. The van der Waals surface area contributed by atoms with Crippen molar-refractivity contribution >= 4 is 29.2 Å². The van der Waals surface area contributed by atoms with Crippen LogP contribution in [0.2, 0.25) is 0 Å². The standard InChI is InChI=1S/C21H20N4O/c22-18-8-4-5-9-19(18)25-21(26)13-11-17-10-12-20(24-15-17)23-14-16-6-2-1-3-7-16/h1-13,15H,14,22H2,(H,23,24)(H,25,26)/b13-11+. The Morgan fingerprint density at radius 3 is 2.50 bits per heavy atom. The van der Waals surface area contributed by atoms with Crippen molar-refractivity contribution in [2.45, 2.75) is 6.54 Å². The van der Waals surface area contributed by atoms with Gasteiger partial charge in [-0.2, -0.15) is 0 Å². The number of carbonyl (C=O) groups excluding carboxylic acids is 1. The van der Waals surface area contributed by atoms with Crippen LogP contribution in [0.1, 0.15) is 11.1 Å². The SMILES string of the molecule is Nc1ccccc1NC(=O)/C=C/c1ccc(NCc2ccccc2)nc1. The van der Waals surface area contributed by atoms with Crippen molar-refractivity contribution in [2.75, 3.05) is 16.4 Å². The second-order valence-corrected chi connectivity index (χ2v) is 5.73. The molecule has 5 nitrogen and oxygen atoms in total. The zero-order valence-electron chi connectivity index (χ0n) is 14.2. The fourth-order valence-corrected chi connectivity index (χ4v) is 2.35.